The molecule has 2 N–H and O–H groups in total. The molecule has 0 aromatic heterocycles. The highest BCUT2D eigenvalue weighted by Crippen LogP contribution is 2.23. The Hall–Kier alpha value is -3.03. The maximum Gasteiger partial charge on any atom is 0.342 e. The zero-order valence-corrected chi connectivity index (χ0v) is 13.3. The number of carbonyl (C=O) groups is 2. The van der Waals surface area contributed by atoms with Crippen LogP contribution < -0.4 is 5.32 Å². The third-order valence-electron chi connectivity index (χ3n) is 3.40. The van der Waals surface area contributed by atoms with Gasteiger partial charge >= 0.3 is 5.97 Å². The molecule has 0 spiro atoms. The molecule has 0 aliphatic heterocycles. The Bertz CT molecular complexity index is 839. The fraction of sp³-hybridized carbons (Fsp3) is 0.176. The summed E-state index contributed by atoms with van der Waals surface area (Å²) < 4.78 is 44.4. The van der Waals surface area contributed by atoms with Gasteiger partial charge in [-0.05, 0) is 37.6 Å². The molecule has 132 valence electrons. The van der Waals surface area contributed by atoms with Gasteiger partial charge < -0.3 is 15.2 Å². The van der Waals surface area contributed by atoms with E-state index in [0.29, 0.717) is 11.6 Å². The number of aryl methyl sites for hydroxylation is 1. The second kappa shape index (κ2) is 7.25. The van der Waals surface area contributed by atoms with Crippen LogP contribution in [0.4, 0.5) is 18.9 Å². The molecule has 0 saturated carbocycles. The van der Waals surface area contributed by atoms with Gasteiger partial charge in [0.1, 0.15) is 11.3 Å². The smallest absolute Gasteiger partial charge is 0.342 e. The van der Waals surface area contributed by atoms with Gasteiger partial charge in [0.2, 0.25) is 0 Å². The van der Waals surface area contributed by atoms with Crippen LogP contribution in [0, 0.1) is 24.4 Å². The molecule has 8 heteroatoms. The van der Waals surface area contributed by atoms with Crippen molar-refractivity contribution in [2.24, 2.45) is 0 Å². The quantitative estimate of drug-likeness (QED) is 0.653. The first-order valence-corrected chi connectivity index (χ1v) is 7.16. The number of phenols is 1. The van der Waals surface area contributed by atoms with Crippen molar-refractivity contribution in [3.05, 3.63) is 58.9 Å². The summed E-state index contributed by atoms with van der Waals surface area (Å²) in [4.78, 5) is 24.0. The Kier molecular flexibility index (Phi) is 5.31. The zero-order valence-electron chi connectivity index (χ0n) is 13.3. The van der Waals surface area contributed by atoms with E-state index in [0.717, 1.165) is 6.07 Å². The molecule has 1 atom stereocenters. The molecule has 0 aliphatic rings. The highest BCUT2D eigenvalue weighted by molar-refractivity contribution is 5.98. The summed E-state index contributed by atoms with van der Waals surface area (Å²) in [6.07, 6.45) is -1.38. The normalized spacial score (nSPS) is 11.7. The summed E-state index contributed by atoms with van der Waals surface area (Å²) in [7, 11) is 0. The number of hydrogen-bond acceptors (Lipinski definition) is 4. The number of carbonyl (C=O) groups excluding carboxylic acids is 2. The highest BCUT2D eigenvalue weighted by atomic mass is 19.2. The lowest BCUT2D eigenvalue weighted by atomic mass is 10.1. The summed E-state index contributed by atoms with van der Waals surface area (Å²) in [5.41, 5.74) is -0.292. The van der Waals surface area contributed by atoms with E-state index in [4.69, 9.17) is 4.74 Å². The first-order valence-electron chi connectivity index (χ1n) is 7.16. The number of rotatable bonds is 4. The summed E-state index contributed by atoms with van der Waals surface area (Å²) in [6.45, 7) is 2.78. The first kappa shape index (κ1) is 18.3. The van der Waals surface area contributed by atoms with E-state index >= 15 is 0 Å². The number of hydrogen-bond donors (Lipinski definition) is 2. The Morgan fingerprint density at radius 1 is 1.12 bits per heavy atom. The van der Waals surface area contributed by atoms with E-state index < -0.39 is 41.1 Å². The minimum atomic E-state index is -1.73. The van der Waals surface area contributed by atoms with Gasteiger partial charge in [-0.25, -0.2) is 18.0 Å². The number of nitrogens with one attached hydrogen (secondary N) is 1. The van der Waals surface area contributed by atoms with Crippen LogP contribution in [0.25, 0.3) is 0 Å². The van der Waals surface area contributed by atoms with Gasteiger partial charge in [-0.3, -0.25) is 4.79 Å². The van der Waals surface area contributed by atoms with Crippen molar-refractivity contribution in [3.63, 3.8) is 0 Å². The molecule has 0 aliphatic carbocycles. The Morgan fingerprint density at radius 3 is 2.48 bits per heavy atom. The highest BCUT2D eigenvalue weighted by Gasteiger charge is 2.23. The van der Waals surface area contributed by atoms with Gasteiger partial charge in [-0.2, -0.15) is 0 Å². The summed E-state index contributed by atoms with van der Waals surface area (Å²) in [6, 6.07) is 5.90. The number of aromatic hydroxyl groups is 1. The second-order valence-electron chi connectivity index (χ2n) is 5.23. The number of anilines is 1. The predicted molar refractivity (Wildman–Crippen MR) is 82.7 cm³/mol. The monoisotopic (exact) mass is 353 g/mol. The number of benzene rings is 2. The Balaban J connectivity index is 2.09. The van der Waals surface area contributed by atoms with Crippen molar-refractivity contribution in [1.82, 2.24) is 0 Å². The molecular weight excluding hydrogens is 339 g/mol. The van der Waals surface area contributed by atoms with E-state index in [1.54, 1.807) is 13.0 Å². The Labute approximate surface area is 141 Å². The molecule has 1 amide bonds. The van der Waals surface area contributed by atoms with E-state index in [1.165, 1.54) is 19.1 Å². The van der Waals surface area contributed by atoms with Gasteiger partial charge in [0, 0.05) is 0 Å². The molecule has 0 radical (unpaired) electrons. The van der Waals surface area contributed by atoms with Gasteiger partial charge in [0.25, 0.3) is 5.91 Å². The Morgan fingerprint density at radius 2 is 1.80 bits per heavy atom. The van der Waals surface area contributed by atoms with E-state index in [2.05, 4.69) is 0 Å². The molecule has 0 unspecified atom stereocenters. The van der Waals surface area contributed by atoms with Crippen molar-refractivity contribution in [1.29, 1.82) is 0 Å². The molecule has 2 aromatic rings. The van der Waals surface area contributed by atoms with Crippen LogP contribution in [0.15, 0.2) is 30.3 Å². The van der Waals surface area contributed by atoms with Crippen molar-refractivity contribution in [2.45, 2.75) is 20.0 Å². The number of esters is 1. The van der Waals surface area contributed by atoms with Crippen LogP contribution >= 0.6 is 0 Å². The lowest BCUT2D eigenvalue weighted by molar-refractivity contribution is -0.123. The van der Waals surface area contributed by atoms with Crippen molar-refractivity contribution < 1.29 is 32.6 Å². The topological polar surface area (TPSA) is 75.6 Å². The summed E-state index contributed by atoms with van der Waals surface area (Å²) in [5, 5.41) is 11.8. The lowest BCUT2D eigenvalue weighted by Gasteiger charge is -2.15. The predicted octanol–water partition coefficient (Wildman–Crippen LogP) is 3.30. The van der Waals surface area contributed by atoms with E-state index in [9.17, 15) is 27.9 Å². The van der Waals surface area contributed by atoms with Crippen molar-refractivity contribution in [2.75, 3.05) is 5.32 Å². The van der Waals surface area contributed by atoms with E-state index in [1.807, 2.05) is 5.32 Å². The molecule has 2 rings (SSSR count). The fourth-order valence-corrected chi connectivity index (χ4v) is 1.96. The number of para-hydroxylation sites is 1. The summed E-state index contributed by atoms with van der Waals surface area (Å²) >= 11 is 0. The molecule has 0 heterocycles. The third kappa shape index (κ3) is 3.90. The second-order valence-corrected chi connectivity index (χ2v) is 5.23. The van der Waals surface area contributed by atoms with Crippen LogP contribution in [-0.2, 0) is 9.53 Å². The molecular formula is C17H14F3NO4. The number of phenolic OH excluding ortho intramolecular Hbond substituents is 1. The van der Waals surface area contributed by atoms with Gasteiger partial charge in [-0.15, -0.1) is 0 Å². The third-order valence-corrected chi connectivity index (χ3v) is 3.40. The van der Waals surface area contributed by atoms with E-state index in [-0.39, 0.29) is 11.3 Å². The maximum atomic E-state index is 13.5. The number of ether oxygens (including phenoxy) is 1. The standard InChI is InChI=1S/C17H14F3NO4/c1-8-4-3-5-10(15(8)22)17(24)25-9(2)16(23)21-12-7-6-11(18)13(19)14(12)20/h3-7,9,22H,1-2H3,(H,21,23)/t9-/m1/s1. The SMILES string of the molecule is Cc1cccc(C(=O)O[C@H](C)C(=O)Nc2ccc(F)c(F)c2F)c1O. The number of halogens is 3. The lowest BCUT2D eigenvalue weighted by Crippen LogP contribution is -2.30. The minimum Gasteiger partial charge on any atom is -0.507 e. The van der Waals surface area contributed by atoms with Crippen molar-refractivity contribution >= 4 is 17.6 Å². The molecule has 2 aromatic carbocycles. The van der Waals surface area contributed by atoms with Crippen molar-refractivity contribution in [3.8, 4) is 5.75 Å². The molecule has 5 nitrogen and oxygen atoms in total. The summed E-state index contributed by atoms with van der Waals surface area (Å²) in [5.74, 6) is -6.90. The van der Waals surface area contributed by atoms with Gasteiger partial charge in [0.15, 0.2) is 23.6 Å². The number of amides is 1. The van der Waals surface area contributed by atoms with Gasteiger partial charge in [0.05, 0.1) is 5.69 Å². The molecule has 0 saturated heterocycles. The molecule has 25 heavy (non-hydrogen) atoms. The largest absolute Gasteiger partial charge is 0.507 e. The van der Waals surface area contributed by atoms with Crippen LogP contribution in [0.2, 0.25) is 0 Å². The minimum absolute atomic E-state index is 0.140. The van der Waals surface area contributed by atoms with Crippen LogP contribution in [0.5, 0.6) is 5.75 Å². The van der Waals surface area contributed by atoms with Crippen LogP contribution in [0.3, 0.4) is 0 Å². The first-order chi connectivity index (χ1) is 11.7. The average Bonchev–Trinajstić information content (AvgIpc) is 2.57. The van der Waals surface area contributed by atoms with Gasteiger partial charge in [-0.1, -0.05) is 12.1 Å². The fourth-order valence-electron chi connectivity index (χ4n) is 1.96. The molecule has 0 fully saturated rings. The van der Waals surface area contributed by atoms with Crippen LogP contribution in [-0.4, -0.2) is 23.1 Å². The average molecular weight is 353 g/mol. The molecule has 0 bridgehead atoms. The zero-order chi connectivity index (χ0) is 18.7. The van der Waals surface area contributed by atoms with Crippen LogP contribution in [0.1, 0.15) is 22.8 Å². The maximum absolute atomic E-state index is 13.5.